The van der Waals surface area contributed by atoms with E-state index in [2.05, 4.69) is 27.7 Å². The van der Waals surface area contributed by atoms with Gasteiger partial charge in [0.1, 0.15) is 19.3 Å². The Kier molecular flexibility index (Phi) is 59.1. The molecule has 16 nitrogen and oxygen atoms in total. The van der Waals surface area contributed by atoms with Gasteiger partial charge in [0.15, 0.2) is 12.2 Å². The highest BCUT2D eigenvalue weighted by Gasteiger charge is 2.30. The van der Waals surface area contributed by atoms with Crippen LogP contribution in [0.3, 0.4) is 0 Å². The van der Waals surface area contributed by atoms with Crippen molar-refractivity contribution in [3.8, 4) is 0 Å². The molecule has 5 atom stereocenters. The molecule has 18 heteroatoms. The molecule has 0 spiro atoms. The fraction of sp³-hybridized carbons (Fsp3) is 0.923. The van der Waals surface area contributed by atoms with Gasteiger partial charge in [-0.2, -0.15) is 0 Å². The first-order valence-electron chi connectivity index (χ1n) is 34.0. The molecule has 0 aromatic rings. The topological polar surface area (TPSA) is 220 Å². The first-order chi connectivity index (χ1) is 40.3. The van der Waals surface area contributed by atoms with Crippen LogP contribution in [0.1, 0.15) is 329 Å². The number of rotatable bonds is 66. The second-order valence-corrected chi connectivity index (χ2v) is 26.1. The number of aliphatic hydroxyl groups excluding tert-OH is 1. The van der Waals surface area contributed by atoms with Crippen LogP contribution in [0, 0.1) is 0 Å². The molecule has 0 aliphatic rings. The number of phosphoric ester groups is 2. The highest BCUT2D eigenvalue weighted by molar-refractivity contribution is 7.47. The van der Waals surface area contributed by atoms with Gasteiger partial charge in [0, 0.05) is 19.3 Å². The largest absolute Gasteiger partial charge is 0.498 e. The van der Waals surface area contributed by atoms with E-state index >= 15 is 0 Å². The number of phosphoric acid groups is 2. The monoisotopic (exact) mass is 1220 g/mol. The zero-order valence-electron chi connectivity index (χ0n) is 53.4. The fourth-order valence-electron chi connectivity index (χ4n) is 9.67. The van der Waals surface area contributed by atoms with Gasteiger partial charge in [-0.25, -0.2) is 9.13 Å². The normalized spacial score (nSPS) is 14.3. The van der Waals surface area contributed by atoms with Crippen LogP contribution in [-0.2, 0) is 60.6 Å². The summed E-state index contributed by atoms with van der Waals surface area (Å²) in [5.41, 5.74) is 0. The molecule has 0 saturated heterocycles. The molecule has 0 heterocycles. The van der Waals surface area contributed by atoms with Crippen LogP contribution in [0.4, 0.5) is 0 Å². The Morgan fingerprint density at radius 3 is 0.940 bits per heavy atom. The Balaban J connectivity index is 5.20. The van der Waals surface area contributed by atoms with Crippen LogP contribution in [0.15, 0.2) is 12.3 Å². The van der Waals surface area contributed by atoms with E-state index in [1.165, 1.54) is 192 Å². The van der Waals surface area contributed by atoms with Gasteiger partial charge in [0.05, 0.1) is 32.7 Å². The van der Waals surface area contributed by atoms with Gasteiger partial charge < -0.3 is 33.8 Å². The number of hydrogen-bond donors (Lipinski definition) is 3. The molecule has 0 amide bonds. The van der Waals surface area contributed by atoms with Gasteiger partial charge in [0.2, 0.25) is 0 Å². The van der Waals surface area contributed by atoms with Crippen LogP contribution >= 0.6 is 15.6 Å². The number of hydrogen-bond acceptors (Lipinski definition) is 14. The quantitative estimate of drug-likeness (QED) is 0.0169. The number of unbranched alkanes of at least 4 members (excludes halogenated alkanes) is 40. The van der Waals surface area contributed by atoms with E-state index < -0.39 is 84.9 Å². The first-order valence-corrected chi connectivity index (χ1v) is 37.0. The molecule has 0 aliphatic carbocycles. The molecule has 83 heavy (non-hydrogen) atoms. The van der Waals surface area contributed by atoms with E-state index in [-0.39, 0.29) is 25.9 Å². The summed E-state index contributed by atoms with van der Waals surface area (Å²) in [5.74, 6) is -1.52. The van der Waals surface area contributed by atoms with Gasteiger partial charge in [-0.05, 0) is 38.2 Å². The molecule has 0 aromatic heterocycles. The number of aliphatic hydroxyl groups is 1. The summed E-state index contributed by atoms with van der Waals surface area (Å²) in [6, 6.07) is 0. The maximum absolute atomic E-state index is 13.0. The molecule has 0 saturated carbocycles. The van der Waals surface area contributed by atoms with E-state index in [0.717, 1.165) is 77.0 Å². The van der Waals surface area contributed by atoms with Gasteiger partial charge in [0.25, 0.3) is 0 Å². The highest BCUT2D eigenvalue weighted by atomic mass is 31.2. The van der Waals surface area contributed by atoms with Crippen molar-refractivity contribution in [1.29, 1.82) is 0 Å². The molecular weight excluding hydrogens is 1100 g/mol. The van der Waals surface area contributed by atoms with Gasteiger partial charge in [-0.3, -0.25) is 32.5 Å². The van der Waals surface area contributed by atoms with Gasteiger partial charge >= 0.3 is 33.6 Å². The van der Waals surface area contributed by atoms with Gasteiger partial charge in [-0.1, -0.05) is 278 Å². The van der Waals surface area contributed by atoms with Crippen molar-refractivity contribution < 1.29 is 75.4 Å². The molecule has 492 valence electrons. The molecule has 0 bridgehead atoms. The maximum atomic E-state index is 13.0. The molecule has 0 aromatic carbocycles. The second-order valence-electron chi connectivity index (χ2n) is 23.2. The Labute approximate surface area is 506 Å². The van der Waals surface area contributed by atoms with Crippen molar-refractivity contribution in [2.24, 2.45) is 0 Å². The number of carbonyl (C=O) groups excluding carboxylic acids is 3. The van der Waals surface area contributed by atoms with Crippen molar-refractivity contribution in [3.05, 3.63) is 12.3 Å². The number of esters is 3. The number of allylic oxidation sites excluding steroid dienone is 1. The van der Waals surface area contributed by atoms with Crippen LogP contribution < -0.4 is 0 Å². The Morgan fingerprint density at radius 1 is 0.349 bits per heavy atom. The van der Waals surface area contributed by atoms with E-state index in [1.807, 2.05) is 6.08 Å². The lowest BCUT2D eigenvalue weighted by atomic mass is 10.1. The summed E-state index contributed by atoms with van der Waals surface area (Å²) < 4.78 is 68.5. The van der Waals surface area contributed by atoms with E-state index in [9.17, 15) is 38.4 Å². The summed E-state index contributed by atoms with van der Waals surface area (Å²) in [5, 5.41) is 10.5. The molecule has 3 unspecified atom stereocenters. The van der Waals surface area contributed by atoms with Crippen molar-refractivity contribution >= 4 is 33.6 Å². The smallest absolute Gasteiger partial charge is 0.472 e. The van der Waals surface area contributed by atoms with Crippen LogP contribution in [-0.4, -0.2) is 90.8 Å². The Hall–Kier alpha value is -1.87. The third-order valence-electron chi connectivity index (χ3n) is 14.9. The molecular formula is C65H126O16P2. The summed E-state index contributed by atoms with van der Waals surface area (Å²) in [6.07, 6.45) is 50.4. The van der Waals surface area contributed by atoms with Crippen LogP contribution in [0.25, 0.3) is 0 Å². The Morgan fingerprint density at radius 2 is 0.614 bits per heavy atom. The first kappa shape index (κ1) is 81.1. The zero-order chi connectivity index (χ0) is 61.0. The summed E-state index contributed by atoms with van der Waals surface area (Å²) in [7, 11) is -9.77. The molecule has 3 N–H and O–H groups in total. The average molecular weight is 1230 g/mol. The molecule has 0 rings (SSSR count). The summed E-state index contributed by atoms with van der Waals surface area (Å²) >= 11 is 0. The van der Waals surface area contributed by atoms with Gasteiger partial charge in [-0.15, -0.1) is 0 Å². The minimum absolute atomic E-state index is 0.119. The van der Waals surface area contributed by atoms with Crippen LogP contribution in [0.5, 0.6) is 0 Å². The SMILES string of the molecule is CCCCCCCCCCCC/C=C\OC[C@H](COP(=O)(O)OCC(O)COP(=O)(O)OC[C@@H](COC(=O)CCCCCCCCCCCCC)OC(=O)CCCCCCCCCCCCC)OC(=O)CCCCCCCCCCCCC. The summed E-state index contributed by atoms with van der Waals surface area (Å²) in [6.45, 7) is 5.44. The van der Waals surface area contributed by atoms with E-state index in [1.54, 1.807) is 0 Å². The minimum Gasteiger partial charge on any atom is -0.498 e. The predicted molar refractivity (Wildman–Crippen MR) is 335 cm³/mol. The molecule has 0 aliphatic heterocycles. The highest BCUT2D eigenvalue weighted by Crippen LogP contribution is 2.45. The van der Waals surface area contributed by atoms with E-state index in [0.29, 0.717) is 19.3 Å². The lowest BCUT2D eigenvalue weighted by Crippen LogP contribution is -2.30. The maximum Gasteiger partial charge on any atom is 0.472 e. The van der Waals surface area contributed by atoms with Crippen molar-refractivity contribution in [2.75, 3.05) is 39.6 Å². The Bertz CT molecular complexity index is 1590. The van der Waals surface area contributed by atoms with Crippen LogP contribution in [0.2, 0.25) is 0 Å². The second kappa shape index (κ2) is 60.4. The third-order valence-corrected chi connectivity index (χ3v) is 16.8. The number of carbonyl (C=O) groups is 3. The van der Waals surface area contributed by atoms with Crippen molar-refractivity contribution in [1.82, 2.24) is 0 Å². The fourth-order valence-corrected chi connectivity index (χ4v) is 11.2. The zero-order valence-corrected chi connectivity index (χ0v) is 55.2. The minimum atomic E-state index is -4.91. The average Bonchev–Trinajstić information content (AvgIpc) is 3.49. The molecule has 0 fully saturated rings. The third kappa shape index (κ3) is 60.2. The molecule has 0 radical (unpaired) electrons. The predicted octanol–water partition coefficient (Wildman–Crippen LogP) is 18.9. The lowest BCUT2D eigenvalue weighted by Gasteiger charge is -2.21. The van der Waals surface area contributed by atoms with E-state index in [4.69, 9.17) is 37.0 Å². The number of ether oxygens (including phenoxy) is 4. The van der Waals surface area contributed by atoms with Crippen molar-refractivity contribution in [2.45, 2.75) is 348 Å². The van der Waals surface area contributed by atoms with Crippen molar-refractivity contribution in [3.63, 3.8) is 0 Å². The lowest BCUT2D eigenvalue weighted by molar-refractivity contribution is -0.161. The standard InChI is InChI=1S/C65H126O16P2/c1-5-9-13-17-21-25-29-33-37-41-45-49-53-74-56-61(80-64(68)51-47-43-39-35-31-27-23-19-15-11-7-3)58-78-82(70,71)76-54-60(66)55-77-83(72,73)79-59-62(81-65(69)52-48-44-40-36-32-28-24-20-16-12-8-4)57-75-63(67)50-46-42-38-34-30-26-22-18-14-10-6-2/h49,53,60-62,66H,5-48,50-52,54-59H2,1-4H3,(H,70,71)(H,72,73)/b53-49-/t60?,61-,62-/m1/s1. The summed E-state index contributed by atoms with van der Waals surface area (Å²) in [4.78, 5) is 59.5.